The molecule has 3 aromatic carbocycles. The van der Waals surface area contributed by atoms with E-state index in [2.05, 4.69) is 37.8 Å². The molecule has 10 heteroatoms. The van der Waals surface area contributed by atoms with Crippen LogP contribution in [0.1, 0.15) is 21.5 Å². The van der Waals surface area contributed by atoms with E-state index in [4.69, 9.17) is 0 Å². The zero-order valence-corrected chi connectivity index (χ0v) is 24.4. The number of nitrogens with one attached hydrogen (secondary N) is 5. The predicted octanol–water partition coefficient (Wildman–Crippen LogP) is 6.17. The largest absolute Gasteiger partial charge is 0.384 e. The summed E-state index contributed by atoms with van der Waals surface area (Å²) in [4.78, 5) is 33.2. The molecule has 0 bridgehead atoms. The molecule has 2 heterocycles. The van der Waals surface area contributed by atoms with Gasteiger partial charge in [0.15, 0.2) is 0 Å². The summed E-state index contributed by atoms with van der Waals surface area (Å²) in [7, 11) is 1.90. The number of halogens is 2. The lowest BCUT2D eigenvalue weighted by molar-refractivity contribution is -0.111. The number of aromatic amines is 1. The molecule has 8 nitrogen and oxygen atoms in total. The van der Waals surface area contributed by atoms with E-state index in [1.165, 1.54) is 18.3 Å². The smallest absolute Gasteiger partial charge is 0.253 e. The van der Waals surface area contributed by atoms with Crippen molar-refractivity contribution in [2.75, 3.05) is 30.8 Å². The van der Waals surface area contributed by atoms with Crippen LogP contribution in [0.5, 0.6) is 0 Å². The van der Waals surface area contributed by atoms with Crippen LogP contribution in [0.3, 0.4) is 0 Å². The van der Waals surface area contributed by atoms with Crippen molar-refractivity contribution in [1.82, 2.24) is 20.6 Å². The Kier molecular flexibility index (Phi) is 9.11. The highest BCUT2D eigenvalue weighted by Crippen LogP contribution is 2.39. The van der Waals surface area contributed by atoms with E-state index in [0.29, 0.717) is 16.7 Å². The highest BCUT2D eigenvalue weighted by molar-refractivity contribution is 6.07. The third-order valence-electron chi connectivity index (χ3n) is 7.21. The molecular weight excluding hydrogens is 562 g/mol. The van der Waals surface area contributed by atoms with Crippen molar-refractivity contribution in [2.45, 2.75) is 13.5 Å². The Bertz CT molecular complexity index is 1850. The highest BCUT2D eigenvalue weighted by atomic mass is 19.1. The minimum absolute atomic E-state index is 0.118. The zero-order chi connectivity index (χ0) is 31.2. The number of aryl methyl sites for hydroxylation is 1. The maximum Gasteiger partial charge on any atom is 0.253 e. The normalized spacial score (nSPS) is 10.9. The number of amides is 2. The van der Waals surface area contributed by atoms with E-state index in [0.717, 1.165) is 58.9 Å². The molecule has 0 saturated heterocycles. The van der Waals surface area contributed by atoms with E-state index in [1.54, 1.807) is 6.07 Å². The summed E-state index contributed by atoms with van der Waals surface area (Å²) in [5.41, 5.74) is 6.72. The zero-order valence-electron chi connectivity index (χ0n) is 24.4. The van der Waals surface area contributed by atoms with Gasteiger partial charge in [-0.25, -0.2) is 13.8 Å². The molecule has 5 N–H and O–H groups in total. The summed E-state index contributed by atoms with van der Waals surface area (Å²) in [5.74, 6) is -2.22. The number of aromatic nitrogens is 2. The molecule has 0 aliphatic carbocycles. The summed E-state index contributed by atoms with van der Waals surface area (Å²) >= 11 is 0. The number of fused-ring (bicyclic) bond motifs is 1. The summed E-state index contributed by atoms with van der Waals surface area (Å²) in [6, 6.07) is 18.7. The van der Waals surface area contributed by atoms with Gasteiger partial charge in [-0.3, -0.25) is 9.59 Å². The molecule has 44 heavy (non-hydrogen) atoms. The highest BCUT2D eigenvalue weighted by Gasteiger charge is 2.19. The first-order valence-corrected chi connectivity index (χ1v) is 14.0. The number of anilines is 2. The third-order valence-corrected chi connectivity index (χ3v) is 7.21. The van der Waals surface area contributed by atoms with E-state index in [1.807, 2.05) is 56.4 Å². The number of likely N-dealkylation sites (N-methyl/N-ethyl adjacent to an activating group) is 1. The molecule has 224 valence electrons. The van der Waals surface area contributed by atoms with Gasteiger partial charge in [0.25, 0.3) is 5.91 Å². The number of carbonyl (C=O) groups excluding carboxylic acids is 2. The van der Waals surface area contributed by atoms with Crippen molar-refractivity contribution >= 4 is 34.2 Å². The van der Waals surface area contributed by atoms with E-state index in [-0.39, 0.29) is 23.6 Å². The fourth-order valence-corrected chi connectivity index (χ4v) is 4.84. The van der Waals surface area contributed by atoms with Crippen molar-refractivity contribution in [3.63, 3.8) is 0 Å². The van der Waals surface area contributed by atoms with Crippen LogP contribution in [0.15, 0.2) is 85.6 Å². The lowest BCUT2D eigenvalue weighted by atomic mass is 9.96. The molecule has 0 aliphatic heterocycles. The van der Waals surface area contributed by atoms with Crippen molar-refractivity contribution in [3.8, 4) is 22.4 Å². The van der Waals surface area contributed by atoms with Crippen LogP contribution in [-0.4, -0.2) is 41.9 Å². The Balaban J connectivity index is 1.56. The lowest BCUT2D eigenvalue weighted by Gasteiger charge is -2.12. The van der Waals surface area contributed by atoms with Crippen LogP contribution in [0.2, 0.25) is 0 Å². The van der Waals surface area contributed by atoms with E-state index < -0.39 is 17.5 Å². The number of pyridine rings is 1. The molecular formula is C34H32F2N6O2. The van der Waals surface area contributed by atoms with Gasteiger partial charge in [0, 0.05) is 59.8 Å². The Labute approximate surface area is 253 Å². The second kappa shape index (κ2) is 13.3. The molecule has 5 rings (SSSR count). The fourth-order valence-electron chi connectivity index (χ4n) is 4.84. The summed E-state index contributed by atoms with van der Waals surface area (Å²) in [6.45, 7) is 6.92. The average molecular weight is 595 g/mol. The molecule has 0 spiro atoms. The second-order valence-electron chi connectivity index (χ2n) is 10.2. The van der Waals surface area contributed by atoms with E-state index >= 15 is 0 Å². The molecule has 0 unspecified atom stereocenters. The maximum absolute atomic E-state index is 14.1. The van der Waals surface area contributed by atoms with Crippen LogP contribution >= 0.6 is 0 Å². The van der Waals surface area contributed by atoms with Gasteiger partial charge in [0.1, 0.15) is 17.3 Å². The van der Waals surface area contributed by atoms with Gasteiger partial charge >= 0.3 is 0 Å². The SMILES string of the molecule is C=CC(=O)Nc1cc(-c2c(-c3ccc(NCCNC)cc3)[nH]c3ncc(C(=O)NCc4ccc(F)cc4F)cc23)ccc1C. The fraction of sp³-hybridized carbons (Fsp3) is 0.147. The first-order chi connectivity index (χ1) is 21.3. The van der Waals surface area contributed by atoms with Gasteiger partial charge < -0.3 is 26.3 Å². The van der Waals surface area contributed by atoms with Crippen molar-refractivity contribution in [3.05, 3.63) is 114 Å². The number of nitrogens with zero attached hydrogens (tertiary/aromatic N) is 1. The maximum atomic E-state index is 14.1. The quantitative estimate of drug-likeness (QED) is 0.0928. The molecule has 2 amide bonds. The standard InChI is InChI=1S/C34H32F2N6O2/c1-4-30(43)41-29-16-22(6-5-20(29)2)31-27-15-24(34(44)40-18-23-7-10-25(35)17-28(23)36)19-39-33(27)42-32(31)21-8-11-26(12-9-21)38-14-13-37-3/h4-12,15-17,19,37-38H,1,13-14,18H2,2-3H3,(H,39,42)(H,40,44)(H,41,43). The molecule has 2 aromatic heterocycles. The van der Waals surface area contributed by atoms with Crippen LogP contribution in [0, 0.1) is 18.6 Å². The monoisotopic (exact) mass is 594 g/mol. The van der Waals surface area contributed by atoms with E-state index in [9.17, 15) is 18.4 Å². The number of H-pyrrole nitrogens is 1. The van der Waals surface area contributed by atoms with Gasteiger partial charge in [-0.05, 0) is 67.1 Å². The molecule has 0 fully saturated rings. The van der Waals surface area contributed by atoms with Crippen LogP contribution in [-0.2, 0) is 11.3 Å². The van der Waals surface area contributed by atoms with Gasteiger partial charge in [-0.1, -0.05) is 36.9 Å². The number of rotatable bonds is 11. The van der Waals surface area contributed by atoms with Crippen LogP contribution in [0.4, 0.5) is 20.2 Å². The van der Waals surface area contributed by atoms with Crippen LogP contribution < -0.4 is 21.3 Å². The van der Waals surface area contributed by atoms with Crippen molar-refractivity contribution < 1.29 is 18.4 Å². The molecule has 0 saturated carbocycles. The minimum Gasteiger partial charge on any atom is -0.384 e. The van der Waals surface area contributed by atoms with Crippen molar-refractivity contribution in [1.29, 1.82) is 0 Å². The molecule has 0 radical (unpaired) electrons. The van der Waals surface area contributed by atoms with Crippen molar-refractivity contribution in [2.24, 2.45) is 0 Å². The third kappa shape index (κ3) is 6.66. The average Bonchev–Trinajstić information content (AvgIpc) is 3.41. The predicted molar refractivity (Wildman–Crippen MR) is 170 cm³/mol. The second-order valence-corrected chi connectivity index (χ2v) is 10.2. The molecule has 5 aromatic rings. The first-order valence-electron chi connectivity index (χ1n) is 14.0. The summed E-state index contributed by atoms with van der Waals surface area (Å²) in [6.07, 6.45) is 2.66. The Morgan fingerprint density at radius 3 is 2.48 bits per heavy atom. The van der Waals surface area contributed by atoms with Gasteiger partial charge in [-0.2, -0.15) is 0 Å². The number of hydrogen-bond acceptors (Lipinski definition) is 5. The number of carbonyl (C=O) groups is 2. The Morgan fingerprint density at radius 2 is 1.75 bits per heavy atom. The first kappa shape index (κ1) is 30.1. The Hall–Kier alpha value is -5.35. The minimum atomic E-state index is -0.738. The topological polar surface area (TPSA) is 111 Å². The summed E-state index contributed by atoms with van der Waals surface area (Å²) < 4.78 is 27.4. The van der Waals surface area contributed by atoms with Gasteiger partial charge in [0.2, 0.25) is 5.91 Å². The molecule has 0 aliphatic rings. The van der Waals surface area contributed by atoms with Gasteiger partial charge in [0.05, 0.1) is 11.3 Å². The number of hydrogen-bond donors (Lipinski definition) is 5. The lowest BCUT2D eigenvalue weighted by Crippen LogP contribution is -2.23. The molecule has 0 atom stereocenters. The summed E-state index contributed by atoms with van der Waals surface area (Å²) in [5, 5.41) is 12.7. The van der Waals surface area contributed by atoms with Gasteiger partial charge in [-0.15, -0.1) is 0 Å². The van der Waals surface area contributed by atoms with Crippen LogP contribution in [0.25, 0.3) is 33.4 Å². The number of benzene rings is 3. The Morgan fingerprint density at radius 1 is 0.977 bits per heavy atom.